The van der Waals surface area contributed by atoms with E-state index >= 15 is 0 Å². The van der Waals surface area contributed by atoms with Crippen molar-refractivity contribution >= 4 is 39.1 Å². The van der Waals surface area contributed by atoms with Gasteiger partial charge >= 0.3 is 0 Å². The molecule has 2 heterocycles. The molecule has 152 valence electrons. The lowest BCUT2D eigenvalue weighted by atomic mass is 9.96. The molecule has 7 heteroatoms. The minimum atomic E-state index is -0.391. The van der Waals surface area contributed by atoms with Crippen LogP contribution in [0.1, 0.15) is 22.7 Å². The monoisotopic (exact) mass is 489 g/mol. The molecule has 31 heavy (non-hydrogen) atoms. The minimum absolute atomic E-state index is 0.108. The number of hydrogen-bond acceptors (Lipinski definition) is 5. The summed E-state index contributed by atoms with van der Waals surface area (Å²) in [6, 6.07) is 24.3. The maximum atomic E-state index is 13.5. The van der Waals surface area contributed by atoms with Gasteiger partial charge in [-0.15, -0.1) is 10.2 Å². The standard InChI is InChI=1S/C24H16BrN3O2S/c25-18-11-12-19(29)17(13-18)14-20-23(30)28-22(16-9-5-2-6-10-16)21(26-27-24(28)31-20)15-7-3-1-4-8-15/h1-14,22,29H/b20-14-/t22-/m1/s1. The Bertz CT molecular complexity index is 1470. The van der Waals surface area contributed by atoms with Crippen LogP contribution in [0.2, 0.25) is 0 Å². The molecule has 3 aromatic carbocycles. The lowest BCUT2D eigenvalue weighted by Gasteiger charge is -2.22. The van der Waals surface area contributed by atoms with E-state index in [9.17, 15) is 9.90 Å². The number of aromatic nitrogens is 1. The Morgan fingerprint density at radius 2 is 1.68 bits per heavy atom. The molecule has 0 amide bonds. The normalized spacial score (nSPS) is 15.8. The van der Waals surface area contributed by atoms with Crippen molar-refractivity contribution in [2.24, 2.45) is 10.2 Å². The van der Waals surface area contributed by atoms with Crippen molar-refractivity contribution in [3.63, 3.8) is 0 Å². The molecular formula is C24H16BrN3O2S. The highest BCUT2D eigenvalue weighted by Crippen LogP contribution is 2.25. The molecule has 1 N–H and O–H groups in total. The van der Waals surface area contributed by atoms with Gasteiger partial charge in [-0.1, -0.05) is 87.9 Å². The first kappa shape index (κ1) is 19.7. The quantitative estimate of drug-likeness (QED) is 0.475. The van der Waals surface area contributed by atoms with E-state index in [1.165, 1.54) is 11.3 Å². The predicted molar refractivity (Wildman–Crippen MR) is 126 cm³/mol. The number of phenols is 1. The second-order valence-corrected chi connectivity index (χ2v) is 8.96. The fraction of sp³-hybridized carbons (Fsp3) is 0.0417. The Labute approximate surface area is 190 Å². The molecule has 1 atom stereocenters. The summed E-state index contributed by atoms with van der Waals surface area (Å²) < 4.78 is 2.99. The molecular weight excluding hydrogens is 474 g/mol. The molecule has 0 saturated carbocycles. The number of thiazole rings is 1. The van der Waals surface area contributed by atoms with Crippen molar-refractivity contribution in [1.82, 2.24) is 4.57 Å². The highest BCUT2D eigenvalue weighted by Gasteiger charge is 2.28. The molecule has 0 bridgehead atoms. The second kappa shape index (κ2) is 8.09. The summed E-state index contributed by atoms with van der Waals surface area (Å²) in [5, 5.41) is 19.1. The summed E-state index contributed by atoms with van der Waals surface area (Å²) in [6.07, 6.45) is 1.69. The van der Waals surface area contributed by atoms with Crippen LogP contribution < -0.4 is 14.9 Å². The Kier molecular flexibility index (Phi) is 5.13. The third-order valence-corrected chi connectivity index (χ3v) is 6.52. The number of benzene rings is 3. The van der Waals surface area contributed by atoms with Crippen LogP contribution in [0.4, 0.5) is 0 Å². The third-order valence-electron chi connectivity index (χ3n) is 5.06. The molecule has 0 saturated heterocycles. The largest absolute Gasteiger partial charge is 0.507 e. The maximum Gasteiger partial charge on any atom is 0.271 e. The summed E-state index contributed by atoms with van der Waals surface area (Å²) in [5.74, 6) is 0.108. The minimum Gasteiger partial charge on any atom is -0.507 e. The Hall–Kier alpha value is -3.29. The van der Waals surface area contributed by atoms with E-state index in [-0.39, 0.29) is 11.3 Å². The summed E-state index contributed by atoms with van der Waals surface area (Å²) in [5.41, 5.74) is 2.99. The third kappa shape index (κ3) is 3.66. The SMILES string of the molecule is O=c1/c(=C/c2cc(Br)ccc2O)sc2n1[C@H](c1ccccc1)C(c1ccccc1)=NN=2. The first-order valence-electron chi connectivity index (χ1n) is 9.59. The van der Waals surface area contributed by atoms with Gasteiger partial charge in [-0.25, -0.2) is 0 Å². The van der Waals surface area contributed by atoms with Crippen LogP contribution in [0.3, 0.4) is 0 Å². The van der Waals surface area contributed by atoms with Gasteiger partial charge in [0.2, 0.25) is 4.80 Å². The zero-order valence-corrected chi connectivity index (χ0v) is 18.5. The highest BCUT2D eigenvalue weighted by atomic mass is 79.9. The topological polar surface area (TPSA) is 66.9 Å². The van der Waals surface area contributed by atoms with Crippen LogP contribution in [0.15, 0.2) is 98.3 Å². The van der Waals surface area contributed by atoms with Gasteiger partial charge in [0.05, 0.1) is 10.2 Å². The summed E-state index contributed by atoms with van der Waals surface area (Å²) in [4.78, 5) is 14.0. The lowest BCUT2D eigenvalue weighted by Crippen LogP contribution is -2.40. The Balaban J connectivity index is 1.74. The Morgan fingerprint density at radius 3 is 2.42 bits per heavy atom. The molecule has 0 unspecified atom stereocenters. The summed E-state index contributed by atoms with van der Waals surface area (Å²) in [6.45, 7) is 0. The van der Waals surface area contributed by atoms with E-state index in [4.69, 9.17) is 0 Å². The first-order valence-corrected chi connectivity index (χ1v) is 11.2. The van der Waals surface area contributed by atoms with Gasteiger partial charge in [0.25, 0.3) is 5.56 Å². The first-order chi connectivity index (χ1) is 15.1. The van der Waals surface area contributed by atoms with E-state index < -0.39 is 6.04 Å². The molecule has 5 nitrogen and oxygen atoms in total. The number of hydrogen-bond donors (Lipinski definition) is 1. The van der Waals surface area contributed by atoms with Crippen LogP contribution in [-0.2, 0) is 0 Å². The average molecular weight is 490 g/mol. The number of halogens is 1. The zero-order chi connectivity index (χ0) is 21.4. The number of rotatable bonds is 3. The van der Waals surface area contributed by atoms with E-state index in [0.29, 0.717) is 14.9 Å². The van der Waals surface area contributed by atoms with Crippen LogP contribution >= 0.6 is 27.3 Å². The van der Waals surface area contributed by atoms with Crippen molar-refractivity contribution < 1.29 is 5.11 Å². The molecule has 0 spiro atoms. The smallest absolute Gasteiger partial charge is 0.271 e. The fourth-order valence-electron chi connectivity index (χ4n) is 3.61. The van der Waals surface area contributed by atoms with Crippen molar-refractivity contribution in [2.45, 2.75) is 6.04 Å². The highest BCUT2D eigenvalue weighted by molar-refractivity contribution is 9.10. The van der Waals surface area contributed by atoms with Crippen molar-refractivity contribution in [2.75, 3.05) is 0 Å². The predicted octanol–water partition coefficient (Wildman–Crippen LogP) is 3.83. The second-order valence-electron chi connectivity index (χ2n) is 7.04. The lowest BCUT2D eigenvalue weighted by molar-refractivity contribution is 0.474. The van der Waals surface area contributed by atoms with Gasteiger partial charge in [0, 0.05) is 15.6 Å². The zero-order valence-electron chi connectivity index (χ0n) is 16.1. The van der Waals surface area contributed by atoms with Crippen LogP contribution in [0, 0.1) is 0 Å². The van der Waals surface area contributed by atoms with Crippen molar-refractivity contribution in [1.29, 1.82) is 0 Å². The summed E-state index contributed by atoms with van der Waals surface area (Å²) >= 11 is 4.67. The average Bonchev–Trinajstić information content (AvgIpc) is 3.12. The fourth-order valence-corrected chi connectivity index (χ4v) is 4.92. The van der Waals surface area contributed by atoms with Gasteiger partial charge in [-0.05, 0) is 29.8 Å². The van der Waals surface area contributed by atoms with Gasteiger partial charge in [0.15, 0.2) is 0 Å². The van der Waals surface area contributed by atoms with Crippen LogP contribution in [0.25, 0.3) is 6.08 Å². The van der Waals surface area contributed by atoms with Gasteiger partial charge in [-0.3, -0.25) is 9.36 Å². The molecule has 1 aromatic heterocycles. The van der Waals surface area contributed by atoms with Crippen LogP contribution in [0.5, 0.6) is 5.75 Å². The molecule has 4 aromatic rings. The van der Waals surface area contributed by atoms with E-state index in [1.54, 1.807) is 28.8 Å². The molecule has 0 fully saturated rings. The molecule has 5 rings (SSSR count). The van der Waals surface area contributed by atoms with Crippen LogP contribution in [-0.4, -0.2) is 15.4 Å². The number of nitrogens with zero attached hydrogens (tertiary/aromatic N) is 3. The van der Waals surface area contributed by atoms with E-state index in [1.807, 2.05) is 60.7 Å². The molecule has 1 aliphatic rings. The number of fused-ring (bicyclic) bond motifs is 1. The number of aromatic hydroxyl groups is 1. The molecule has 0 aliphatic carbocycles. The van der Waals surface area contributed by atoms with Crippen molar-refractivity contribution in [3.8, 4) is 5.75 Å². The van der Waals surface area contributed by atoms with Gasteiger partial charge < -0.3 is 5.11 Å². The maximum absolute atomic E-state index is 13.5. The van der Waals surface area contributed by atoms with Gasteiger partial charge in [-0.2, -0.15) is 0 Å². The number of phenolic OH excluding ortho intramolecular Hbond substituents is 1. The Morgan fingerprint density at radius 1 is 0.968 bits per heavy atom. The molecule has 1 aliphatic heterocycles. The van der Waals surface area contributed by atoms with E-state index in [0.717, 1.165) is 21.3 Å². The van der Waals surface area contributed by atoms with Crippen molar-refractivity contribution in [3.05, 3.63) is 120 Å². The summed E-state index contributed by atoms with van der Waals surface area (Å²) in [7, 11) is 0. The van der Waals surface area contributed by atoms with Gasteiger partial charge in [0.1, 0.15) is 11.8 Å². The van der Waals surface area contributed by atoms with E-state index in [2.05, 4.69) is 26.1 Å². The molecule has 0 radical (unpaired) electrons.